The van der Waals surface area contributed by atoms with Crippen LogP contribution in [0.15, 0.2) is 53.4 Å². The minimum atomic E-state index is -3.66. The van der Waals surface area contributed by atoms with E-state index in [2.05, 4.69) is 19.2 Å². The lowest BCUT2D eigenvalue weighted by atomic mass is 10.0. The average Bonchev–Trinajstić information content (AvgIpc) is 2.78. The van der Waals surface area contributed by atoms with Crippen LogP contribution in [-0.4, -0.2) is 38.8 Å². The topological polar surface area (TPSA) is 75.7 Å². The third-order valence-electron chi connectivity index (χ3n) is 5.39. The van der Waals surface area contributed by atoms with Gasteiger partial charge in [-0.3, -0.25) is 4.79 Å². The van der Waals surface area contributed by atoms with Crippen LogP contribution in [0.4, 0.5) is 5.69 Å². The number of carbonyl (C=O) groups is 1. The van der Waals surface area contributed by atoms with Crippen molar-refractivity contribution in [1.82, 2.24) is 4.31 Å². The van der Waals surface area contributed by atoms with Gasteiger partial charge in [-0.05, 0) is 54.2 Å². The molecule has 2 aromatic carbocycles. The number of hydrogen-bond acceptors (Lipinski definition) is 4. The molecule has 0 saturated carbocycles. The monoisotopic (exact) mass is 442 g/mol. The number of methoxy groups -OCH3 is 1. The van der Waals surface area contributed by atoms with Gasteiger partial charge in [-0.1, -0.05) is 44.5 Å². The van der Waals surface area contributed by atoms with Gasteiger partial charge in [0.2, 0.25) is 15.9 Å². The minimum Gasteiger partial charge on any atom is -0.495 e. The number of anilines is 1. The zero-order valence-corrected chi connectivity index (χ0v) is 19.1. The van der Waals surface area contributed by atoms with Crippen LogP contribution in [0.5, 0.6) is 5.75 Å². The molecule has 0 radical (unpaired) electrons. The number of hydrogen-bond donors (Lipinski definition) is 1. The maximum absolute atomic E-state index is 13.1. The van der Waals surface area contributed by atoms with Gasteiger partial charge in [0.25, 0.3) is 0 Å². The third-order valence-corrected chi connectivity index (χ3v) is 7.31. The molecule has 0 aliphatic carbocycles. The molecule has 1 N–H and O–H groups in total. The Labute approximate surface area is 185 Å². The summed E-state index contributed by atoms with van der Waals surface area (Å²) in [5.74, 6) is 0.312. The Morgan fingerprint density at radius 1 is 1.10 bits per heavy atom. The van der Waals surface area contributed by atoms with E-state index in [1.807, 2.05) is 24.3 Å². The summed E-state index contributed by atoms with van der Waals surface area (Å²) in [5, 5.41) is 2.90. The average molecular weight is 443 g/mol. The van der Waals surface area contributed by atoms with E-state index >= 15 is 0 Å². The first-order chi connectivity index (χ1) is 14.8. The van der Waals surface area contributed by atoms with Crippen LogP contribution in [0, 0.1) is 0 Å². The highest BCUT2D eigenvalue weighted by Gasteiger charge is 2.29. The molecule has 0 atom stereocenters. The van der Waals surface area contributed by atoms with E-state index in [9.17, 15) is 13.2 Å². The molecule has 1 aliphatic heterocycles. The highest BCUT2D eigenvalue weighted by molar-refractivity contribution is 7.89. The molecule has 2 aromatic rings. The first kappa shape index (κ1) is 23.0. The fraction of sp³-hybridized carbons (Fsp3) is 0.375. The van der Waals surface area contributed by atoms with Crippen molar-refractivity contribution in [2.24, 2.45) is 0 Å². The SMILES string of the molecule is COc1ccc(/C=C/C(=O)Nc2ccccc2C(C)C)cc1S(=O)(=O)N1CCCCC1. The molecular weight excluding hydrogens is 412 g/mol. The van der Waals surface area contributed by atoms with Gasteiger partial charge < -0.3 is 10.1 Å². The Hall–Kier alpha value is -2.64. The van der Waals surface area contributed by atoms with Gasteiger partial charge in [0, 0.05) is 24.9 Å². The third kappa shape index (κ3) is 5.54. The van der Waals surface area contributed by atoms with Crippen LogP contribution in [0.3, 0.4) is 0 Å². The molecule has 0 unspecified atom stereocenters. The van der Waals surface area contributed by atoms with E-state index in [1.54, 1.807) is 24.3 Å². The van der Waals surface area contributed by atoms with Gasteiger partial charge in [-0.25, -0.2) is 8.42 Å². The predicted octanol–water partition coefficient (Wildman–Crippen LogP) is 4.65. The van der Waals surface area contributed by atoms with Crippen molar-refractivity contribution in [3.05, 3.63) is 59.7 Å². The Morgan fingerprint density at radius 3 is 2.48 bits per heavy atom. The van der Waals surface area contributed by atoms with Crippen molar-refractivity contribution in [3.63, 3.8) is 0 Å². The number of nitrogens with zero attached hydrogens (tertiary/aromatic N) is 1. The molecule has 166 valence electrons. The number of benzene rings is 2. The Kier molecular flexibility index (Phi) is 7.51. The number of amides is 1. The van der Waals surface area contributed by atoms with Crippen molar-refractivity contribution in [2.75, 3.05) is 25.5 Å². The number of sulfonamides is 1. The van der Waals surface area contributed by atoms with Crippen LogP contribution in [-0.2, 0) is 14.8 Å². The summed E-state index contributed by atoms with van der Waals surface area (Å²) in [4.78, 5) is 12.6. The molecule has 0 aromatic heterocycles. The molecule has 1 aliphatic rings. The molecule has 0 bridgehead atoms. The molecule has 3 rings (SSSR count). The van der Waals surface area contributed by atoms with Crippen molar-refractivity contribution in [1.29, 1.82) is 0 Å². The van der Waals surface area contributed by atoms with Gasteiger partial charge >= 0.3 is 0 Å². The lowest BCUT2D eigenvalue weighted by Gasteiger charge is -2.26. The second-order valence-electron chi connectivity index (χ2n) is 7.94. The summed E-state index contributed by atoms with van der Waals surface area (Å²) in [5.41, 5.74) is 2.45. The highest BCUT2D eigenvalue weighted by atomic mass is 32.2. The Balaban J connectivity index is 1.81. The fourth-order valence-electron chi connectivity index (χ4n) is 3.70. The highest BCUT2D eigenvalue weighted by Crippen LogP contribution is 2.30. The summed E-state index contributed by atoms with van der Waals surface area (Å²) in [6.45, 7) is 5.18. The largest absolute Gasteiger partial charge is 0.495 e. The molecular formula is C24H30N2O4S. The van der Waals surface area contributed by atoms with Gasteiger partial charge in [0.15, 0.2) is 0 Å². The van der Waals surface area contributed by atoms with Gasteiger partial charge in [-0.2, -0.15) is 4.31 Å². The van der Waals surface area contributed by atoms with Crippen LogP contribution >= 0.6 is 0 Å². The summed E-state index contributed by atoms with van der Waals surface area (Å²) in [6, 6.07) is 12.6. The maximum Gasteiger partial charge on any atom is 0.248 e. The van der Waals surface area contributed by atoms with Gasteiger partial charge in [0.1, 0.15) is 10.6 Å². The lowest BCUT2D eigenvalue weighted by Crippen LogP contribution is -2.35. The number of para-hydroxylation sites is 1. The van der Waals surface area contributed by atoms with Crippen molar-refractivity contribution in [2.45, 2.75) is 43.9 Å². The zero-order chi connectivity index (χ0) is 22.4. The first-order valence-corrected chi connectivity index (χ1v) is 12.0. The first-order valence-electron chi connectivity index (χ1n) is 10.6. The Bertz CT molecular complexity index is 1050. The standard InChI is InChI=1S/C24H30N2O4S/c1-18(2)20-9-5-6-10-21(20)25-24(27)14-12-19-11-13-22(30-3)23(17-19)31(28,29)26-15-7-4-8-16-26/h5-6,9-14,17-18H,4,7-8,15-16H2,1-3H3,(H,25,27)/b14-12+. The van der Waals surface area contributed by atoms with Crippen LogP contribution in [0.25, 0.3) is 6.08 Å². The number of piperidine rings is 1. The van der Waals surface area contributed by atoms with E-state index < -0.39 is 10.0 Å². The Morgan fingerprint density at radius 2 is 1.81 bits per heavy atom. The molecule has 1 fully saturated rings. The van der Waals surface area contributed by atoms with Crippen molar-refractivity contribution < 1.29 is 17.9 Å². The van der Waals surface area contributed by atoms with Gasteiger partial charge in [0.05, 0.1) is 7.11 Å². The second-order valence-corrected chi connectivity index (χ2v) is 9.85. The van der Waals surface area contributed by atoms with E-state index in [0.717, 1.165) is 30.5 Å². The van der Waals surface area contributed by atoms with Crippen molar-refractivity contribution >= 4 is 27.7 Å². The number of ether oxygens (including phenoxy) is 1. The summed E-state index contributed by atoms with van der Waals surface area (Å²) in [6.07, 6.45) is 5.79. The lowest BCUT2D eigenvalue weighted by molar-refractivity contribution is -0.111. The molecule has 7 heteroatoms. The van der Waals surface area contributed by atoms with E-state index in [-0.39, 0.29) is 16.7 Å². The number of nitrogens with one attached hydrogen (secondary N) is 1. The summed E-state index contributed by atoms with van der Waals surface area (Å²) in [7, 11) is -2.20. The predicted molar refractivity (Wildman–Crippen MR) is 124 cm³/mol. The molecule has 1 heterocycles. The smallest absolute Gasteiger partial charge is 0.248 e. The fourth-order valence-corrected chi connectivity index (χ4v) is 5.41. The van der Waals surface area contributed by atoms with Crippen LogP contribution in [0.2, 0.25) is 0 Å². The second kappa shape index (κ2) is 10.1. The maximum atomic E-state index is 13.1. The number of carbonyl (C=O) groups excluding carboxylic acids is 1. The van der Waals surface area contributed by atoms with Gasteiger partial charge in [-0.15, -0.1) is 0 Å². The molecule has 1 saturated heterocycles. The number of rotatable bonds is 7. The van der Waals surface area contributed by atoms with E-state index in [0.29, 0.717) is 24.4 Å². The molecule has 6 nitrogen and oxygen atoms in total. The van der Waals surface area contributed by atoms with Crippen molar-refractivity contribution in [3.8, 4) is 5.75 Å². The van der Waals surface area contributed by atoms with E-state index in [1.165, 1.54) is 17.5 Å². The molecule has 1 amide bonds. The van der Waals surface area contributed by atoms with Crippen LogP contribution in [0.1, 0.15) is 50.2 Å². The van der Waals surface area contributed by atoms with E-state index in [4.69, 9.17) is 4.74 Å². The summed E-state index contributed by atoms with van der Waals surface area (Å²) >= 11 is 0. The molecule has 0 spiro atoms. The normalized spacial score (nSPS) is 15.4. The molecule has 31 heavy (non-hydrogen) atoms. The van der Waals surface area contributed by atoms with Crippen LogP contribution < -0.4 is 10.1 Å². The zero-order valence-electron chi connectivity index (χ0n) is 18.3. The summed E-state index contributed by atoms with van der Waals surface area (Å²) < 4.78 is 33.1. The minimum absolute atomic E-state index is 0.129. The quantitative estimate of drug-likeness (QED) is 0.634.